The van der Waals surface area contributed by atoms with Crippen molar-refractivity contribution >= 4 is 0 Å². The van der Waals surface area contributed by atoms with Crippen LogP contribution in [0.5, 0.6) is 0 Å². The molecule has 1 nitrogen and oxygen atoms in total. The van der Waals surface area contributed by atoms with Crippen LogP contribution in [-0.2, 0) is 0 Å². The van der Waals surface area contributed by atoms with E-state index in [-0.39, 0.29) is 5.54 Å². The third kappa shape index (κ3) is 2.33. The monoisotopic (exact) mass is 243 g/mol. The van der Waals surface area contributed by atoms with Crippen LogP contribution < -0.4 is 5.73 Å². The van der Waals surface area contributed by atoms with Gasteiger partial charge in [0, 0.05) is 5.54 Å². The Morgan fingerprint density at radius 1 is 0.889 bits per heavy atom. The van der Waals surface area contributed by atoms with Gasteiger partial charge in [0.05, 0.1) is 0 Å². The maximum absolute atomic E-state index is 6.70. The summed E-state index contributed by atoms with van der Waals surface area (Å²) in [5, 5.41) is 0. The van der Waals surface area contributed by atoms with Gasteiger partial charge < -0.3 is 5.73 Å². The van der Waals surface area contributed by atoms with Crippen molar-refractivity contribution in [2.24, 2.45) is 11.7 Å². The minimum atomic E-state index is 0.168. The Bertz CT molecular complexity index is 370. The predicted molar refractivity (Wildman–Crippen MR) is 76.5 cm³/mol. The van der Waals surface area contributed by atoms with Crippen molar-refractivity contribution in [2.45, 2.75) is 62.8 Å². The van der Waals surface area contributed by atoms with Gasteiger partial charge in [0.2, 0.25) is 0 Å². The van der Waals surface area contributed by atoms with E-state index in [0.29, 0.717) is 0 Å². The van der Waals surface area contributed by atoms with Crippen LogP contribution in [0.25, 0.3) is 0 Å². The van der Waals surface area contributed by atoms with E-state index in [2.05, 4.69) is 30.3 Å². The second-order valence-electron chi connectivity index (χ2n) is 6.40. The van der Waals surface area contributed by atoms with Crippen LogP contribution >= 0.6 is 0 Å². The molecule has 2 aliphatic rings. The number of hydrogen-bond acceptors (Lipinski definition) is 1. The Morgan fingerprint density at radius 2 is 1.50 bits per heavy atom. The van der Waals surface area contributed by atoms with Crippen molar-refractivity contribution < 1.29 is 0 Å². The van der Waals surface area contributed by atoms with Crippen molar-refractivity contribution in [3.63, 3.8) is 0 Å². The van der Waals surface area contributed by atoms with Crippen molar-refractivity contribution in [3.05, 3.63) is 35.9 Å². The number of hydrogen-bond donors (Lipinski definition) is 1. The van der Waals surface area contributed by atoms with E-state index in [1.54, 1.807) is 0 Å². The van der Waals surface area contributed by atoms with Crippen LogP contribution in [0.3, 0.4) is 0 Å². The van der Waals surface area contributed by atoms with Gasteiger partial charge in [0.25, 0.3) is 0 Å². The van der Waals surface area contributed by atoms with E-state index in [1.807, 2.05) is 0 Å². The van der Waals surface area contributed by atoms with E-state index >= 15 is 0 Å². The fourth-order valence-electron chi connectivity index (χ4n) is 4.12. The molecule has 1 heteroatoms. The van der Waals surface area contributed by atoms with Crippen molar-refractivity contribution in [1.29, 1.82) is 0 Å². The third-order valence-electron chi connectivity index (χ3n) is 5.36. The largest absolute Gasteiger partial charge is 0.325 e. The highest BCUT2D eigenvalue weighted by Crippen LogP contribution is 2.44. The van der Waals surface area contributed by atoms with Gasteiger partial charge in [-0.1, -0.05) is 43.2 Å². The molecule has 2 N–H and O–H groups in total. The Balaban J connectivity index is 1.64. The number of nitrogens with two attached hydrogens (primary N) is 1. The summed E-state index contributed by atoms with van der Waals surface area (Å²) in [5.74, 6) is 1.57. The molecule has 98 valence electrons. The molecule has 0 heterocycles. The van der Waals surface area contributed by atoms with Crippen LogP contribution in [0.15, 0.2) is 30.3 Å². The molecule has 18 heavy (non-hydrogen) atoms. The fraction of sp³-hybridized carbons (Fsp3) is 0.647. The van der Waals surface area contributed by atoms with Gasteiger partial charge in [-0.3, -0.25) is 0 Å². The van der Waals surface area contributed by atoms with Gasteiger partial charge in [-0.2, -0.15) is 0 Å². The lowest BCUT2D eigenvalue weighted by Crippen LogP contribution is -2.48. The van der Waals surface area contributed by atoms with E-state index < -0.39 is 0 Å². The lowest BCUT2D eigenvalue weighted by atomic mass is 9.68. The van der Waals surface area contributed by atoms with E-state index in [0.717, 1.165) is 11.8 Å². The smallest absolute Gasteiger partial charge is 0.0183 e. The summed E-state index contributed by atoms with van der Waals surface area (Å²) in [4.78, 5) is 0. The molecule has 0 spiro atoms. The van der Waals surface area contributed by atoms with Crippen LogP contribution in [-0.4, -0.2) is 5.54 Å². The van der Waals surface area contributed by atoms with Crippen LogP contribution in [0.4, 0.5) is 0 Å². The van der Waals surface area contributed by atoms with Gasteiger partial charge >= 0.3 is 0 Å². The highest BCUT2D eigenvalue weighted by molar-refractivity contribution is 5.20. The zero-order valence-electron chi connectivity index (χ0n) is 11.3. The summed E-state index contributed by atoms with van der Waals surface area (Å²) in [5.41, 5.74) is 8.39. The maximum Gasteiger partial charge on any atom is 0.0183 e. The maximum atomic E-state index is 6.70. The fourth-order valence-corrected chi connectivity index (χ4v) is 4.12. The molecular formula is C17H25N. The minimum absolute atomic E-state index is 0.168. The predicted octanol–water partition coefficient (Wildman–Crippen LogP) is 4.23. The first kappa shape index (κ1) is 12.2. The molecule has 0 saturated heterocycles. The molecule has 2 aliphatic carbocycles. The van der Waals surface area contributed by atoms with Crippen LogP contribution in [0, 0.1) is 5.92 Å². The van der Waals surface area contributed by atoms with Crippen LogP contribution in [0.2, 0.25) is 0 Å². The Labute approximate surface area is 111 Å². The number of rotatable bonds is 2. The first-order chi connectivity index (χ1) is 8.78. The lowest BCUT2D eigenvalue weighted by Gasteiger charge is -2.41. The zero-order chi connectivity index (χ0) is 12.4. The highest BCUT2D eigenvalue weighted by Gasteiger charge is 2.39. The third-order valence-corrected chi connectivity index (χ3v) is 5.36. The van der Waals surface area contributed by atoms with Gasteiger partial charge in [-0.25, -0.2) is 0 Å². The summed E-state index contributed by atoms with van der Waals surface area (Å²) in [6.45, 7) is 0. The van der Waals surface area contributed by atoms with Gasteiger partial charge in [0.15, 0.2) is 0 Å². The first-order valence-electron chi connectivity index (χ1n) is 7.62. The molecule has 0 unspecified atom stereocenters. The van der Waals surface area contributed by atoms with E-state index in [9.17, 15) is 0 Å². The molecule has 0 amide bonds. The minimum Gasteiger partial charge on any atom is -0.325 e. The molecule has 0 aliphatic heterocycles. The van der Waals surface area contributed by atoms with Crippen molar-refractivity contribution in [3.8, 4) is 0 Å². The molecule has 1 aromatic rings. The molecule has 0 radical (unpaired) electrons. The zero-order valence-corrected chi connectivity index (χ0v) is 11.3. The number of benzene rings is 1. The summed E-state index contributed by atoms with van der Waals surface area (Å²) in [6, 6.07) is 11.0. The summed E-state index contributed by atoms with van der Waals surface area (Å²) < 4.78 is 0. The molecule has 3 rings (SSSR count). The van der Waals surface area contributed by atoms with E-state index in [1.165, 1.54) is 56.9 Å². The van der Waals surface area contributed by atoms with Crippen molar-refractivity contribution in [1.82, 2.24) is 0 Å². The molecule has 0 bridgehead atoms. The standard InChI is InChI=1S/C17H25N/c18-17(16-8-4-5-9-16)12-10-15(11-13-17)14-6-2-1-3-7-14/h1-3,6-7,15-16H,4-5,8-13,18H2. The second-order valence-corrected chi connectivity index (χ2v) is 6.40. The summed E-state index contributed by atoms with van der Waals surface area (Å²) in [6.07, 6.45) is 10.6. The normalized spacial score (nSPS) is 33.7. The average molecular weight is 243 g/mol. The molecular weight excluding hydrogens is 218 g/mol. The molecule has 0 aromatic heterocycles. The van der Waals surface area contributed by atoms with Crippen molar-refractivity contribution in [2.75, 3.05) is 0 Å². The summed E-state index contributed by atoms with van der Waals surface area (Å²) in [7, 11) is 0. The summed E-state index contributed by atoms with van der Waals surface area (Å²) >= 11 is 0. The molecule has 1 aromatic carbocycles. The molecule has 0 atom stereocenters. The van der Waals surface area contributed by atoms with Crippen LogP contribution in [0.1, 0.15) is 62.8 Å². The molecule has 2 saturated carbocycles. The quantitative estimate of drug-likeness (QED) is 0.826. The van der Waals surface area contributed by atoms with Gasteiger partial charge in [-0.15, -0.1) is 0 Å². The first-order valence-corrected chi connectivity index (χ1v) is 7.62. The molecule has 2 fully saturated rings. The lowest BCUT2D eigenvalue weighted by molar-refractivity contribution is 0.186. The second kappa shape index (κ2) is 5.05. The van der Waals surface area contributed by atoms with E-state index in [4.69, 9.17) is 5.73 Å². The average Bonchev–Trinajstić information content (AvgIpc) is 2.95. The van der Waals surface area contributed by atoms with Gasteiger partial charge in [-0.05, 0) is 55.9 Å². The van der Waals surface area contributed by atoms with Gasteiger partial charge in [0.1, 0.15) is 0 Å². The Morgan fingerprint density at radius 3 is 2.11 bits per heavy atom. The Hall–Kier alpha value is -0.820. The SMILES string of the molecule is NC1(C2CCCC2)CCC(c2ccccc2)CC1. The topological polar surface area (TPSA) is 26.0 Å². The highest BCUT2D eigenvalue weighted by atomic mass is 14.8. The Kier molecular flexibility index (Phi) is 3.43.